The topological polar surface area (TPSA) is 26.3 Å². The Hall–Kier alpha value is -0.790. The van der Waals surface area contributed by atoms with Gasteiger partial charge in [0.25, 0.3) is 0 Å². The summed E-state index contributed by atoms with van der Waals surface area (Å²) in [6, 6.07) is 0. The van der Waals surface area contributed by atoms with Gasteiger partial charge in [0.1, 0.15) is 6.61 Å². The number of hydrogen-bond acceptors (Lipinski definition) is 2. The van der Waals surface area contributed by atoms with E-state index in [-0.39, 0.29) is 19.0 Å². The lowest BCUT2D eigenvalue weighted by molar-refractivity contribution is -0.141. The summed E-state index contributed by atoms with van der Waals surface area (Å²) in [5.74, 6) is -0.287. The molecule has 0 atom stereocenters. The van der Waals surface area contributed by atoms with E-state index < -0.39 is 0 Å². The maximum Gasteiger partial charge on any atom is 0.306 e. The van der Waals surface area contributed by atoms with Crippen LogP contribution in [0.15, 0.2) is 12.7 Å². The molecule has 0 amide bonds. The van der Waals surface area contributed by atoms with Gasteiger partial charge in [0.05, 0.1) is 0 Å². The van der Waals surface area contributed by atoms with Crippen molar-refractivity contribution in [2.45, 2.75) is 6.42 Å². The van der Waals surface area contributed by atoms with Crippen LogP contribution in [0.2, 0.25) is 0 Å². The zero-order chi connectivity index (χ0) is 6.41. The predicted octanol–water partition coefficient (Wildman–Crippen LogP) is 0.940. The molecule has 0 saturated carbocycles. The van der Waals surface area contributed by atoms with Crippen LogP contribution in [0.5, 0.6) is 0 Å². The lowest BCUT2D eigenvalue weighted by atomic mass is 10.5. The van der Waals surface area contributed by atoms with Gasteiger partial charge in [0.2, 0.25) is 0 Å². The van der Waals surface area contributed by atoms with E-state index in [0.717, 1.165) is 0 Å². The van der Waals surface area contributed by atoms with Crippen molar-refractivity contribution in [3.05, 3.63) is 19.6 Å². The minimum Gasteiger partial charge on any atom is -0.461 e. The van der Waals surface area contributed by atoms with Gasteiger partial charge < -0.3 is 4.74 Å². The van der Waals surface area contributed by atoms with Crippen molar-refractivity contribution in [3.63, 3.8) is 0 Å². The summed E-state index contributed by atoms with van der Waals surface area (Å²) in [6.45, 7) is 6.99. The highest BCUT2D eigenvalue weighted by atomic mass is 16.5. The second kappa shape index (κ2) is 4.37. The van der Waals surface area contributed by atoms with E-state index in [1.165, 1.54) is 6.08 Å². The van der Waals surface area contributed by atoms with Crippen molar-refractivity contribution in [2.24, 2.45) is 0 Å². The minimum atomic E-state index is -0.287. The Balaban J connectivity index is 3.11. The van der Waals surface area contributed by atoms with Crippen molar-refractivity contribution in [3.8, 4) is 0 Å². The number of rotatable bonds is 3. The Morgan fingerprint density at radius 3 is 2.75 bits per heavy atom. The van der Waals surface area contributed by atoms with Crippen LogP contribution in [0.3, 0.4) is 0 Å². The predicted molar refractivity (Wildman–Crippen MR) is 31.1 cm³/mol. The molecule has 8 heavy (non-hydrogen) atoms. The number of esters is 1. The van der Waals surface area contributed by atoms with Crippen molar-refractivity contribution < 1.29 is 9.53 Å². The molecule has 0 saturated heterocycles. The quantitative estimate of drug-likeness (QED) is 0.402. The SMILES string of the molecule is [CH2]CC(=O)OCC=C. The molecule has 0 heterocycles. The van der Waals surface area contributed by atoms with Crippen LogP contribution in [0.25, 0.3) is 0 Å². The van der Waals surface area contributed by atoms with E-state index in [1.54, 1.807) is 0 Å². The maximum atomic E-state index is 10.2. The van der Waals surface area contributed by atoms with E-state index in [0.29, 0.717) is 0 Å². The molecule has 0 aliphatic rings. The van der Waals surface area contributed by atoms with Crippen LogP contribution >= 0.6 is 0 Å². The highest BCUT2D eigenvalue weighted by molar-refractivity contribution is 5.69. The molecule has 1 radical (unpaired) electrons. The van der Waals surface area contributed by atoms with Crippen molar-refractivity contribution in [1.29, 1.82) is 0 Å². The molecule has 2 heteroatoms. The molecule has 0 unspecified atom stereocenters. The third kappa shape index (κ3) is 3.40. The molecule has 0 spiro atoms. The van der Waals surface area contributed by atoms with Crippen molar-refractivity contribution in [1.82, 2.24) is 0 Å². The summed E-state index contributed by atoms with van der Waals surface area (Å²) >= 11 is 0. The summed E-state index contributed by atoms with van der Waals surface area (Å²) in [7, 11) is 0. The molecule has 0 bridgehead atoms. The molecule has 0 aliphatic carbocycles. The van der Waals surface area contributed by atoms with Gasteiger partial charge in [-0.15, -0.1) is 0 Å². The minimum absolute atomic E-state index is 0.188. The monoisotopic (exact) mass is 113 g/mol. The van der Waals surface area contributed by atoms with Gasteiger partial charge in [-0.05, 0) is 6.92 Å². The average Bonchev–Trinajstić information content (AvgIpc) is 1.83. The van der Waals surface area contributed by atoms with E-state index in [4.69, 9.17) is 0 Å². The van der Waals surface area contributed by atoms with E-state index in [2.05, 4.69) is 18.2 Å². The van der Waals surface area contributed by atoms with Crippen LogP contribution in [0.1, 0.15) is 6.42 Å². The van der Waals surface area contributed by atoms with Crippen LogP contribution in [0.4, 0.5) is 0 Å². The van der Waals surface area contributed by atoms with Gasteiger partial charge in [-0.1, -0.05) is 12.7 Å². The Labute approximate surface area is 49.1 Å². The van der Waals surface area contributed by atoms with Gasteiger partial charge >= 0.3 is 5.97 Å². The summed E-state index contributed by atoms with van der Waals surface area (Å²) in [4.78, 5) is 10.2. The Bertz CT molecular complexity index is 86.5. The van der Waals surface area contributed by atoms with E-state index >= 15 is 0 Å². The summed E-state index contributed by atoms with van der Waals surface area (Å²) in [5, 5.41) is 0. The molecule has 0 aromatic heterocycles. The lowest BCUT2D eigenvalue weighted by Gasteiger charge is -1.94. The molecule has 0 aliphatic heterocycles. The number of carbonyl (C=O) groups excluding carboxylic acids is 1. The fourth-order valence-corrected chi connectivity index (χ4v) is 0.224. The van der Waals surface area contributed by atoms with Crippen molar-refractivity contribution >= 4 is 5.97 Å². The van der Waals surface area contributed by atoms with Gasteiger partial charge in [-0.3, -0.25) is 4.79 Å². The molecule has 0 aromatic rings. The van der Waals surface area contributed by atoms with Crippen LogP contribution < -0.4 is 0 Å². The summed E-state index contributed by atoms with van der Waals surface area (Å²) < 4.78 is 4.52. The molecule has 0 rings (SSSR count). The van der Waals surface area contributed by atoms with E-state index in [1.807, 2.05) is 0 Å². The average molecular weight is 113 g/mol. The van der Waals surface area contributed by atoms with Gasteiger partial charge in [0.15, 0.2) is 0 Å². The smallest absolute Gasteiger partial charge is 0.306 e. The van der Waals surface area contributed by atoms with Gasteiger partial charge in [0, 0.05) is 6.42 Å². The summed E-state index contributed by atoms with van der Waals surface area (Å²) in [5.41, 5.74) is 0. The molecular weight excluding hydrogens is 104 g/mol. The first-order chi connectivity index (χ1) is 3.81. The van der Waals surface area contributed by atoms with Gasteiger partial charge in [-0.2, -0.15) is 0 Å². The normalized spacial score (nSPS) is 8.12. The Kier molecular flexibility index (Phi) is 3.94. The first-order valence-corrected chi connectivity index (χ1v) is 2.37. The molecule has 2 nitrogen and oxygen atoms in total. The standard InChI is InChI=1S/C6H9O2/c1-3-5-8-6(7)4-2/h3H,1-2,4-5H2. The molecule has 45 valence electrons. The molecular formula is C6H9O2. The largest absolute Gasteiger partial charge is 0.461 e. The third-order valence-electron chi connectivity index (χ3n) is 0.566. The molecule has 0 fully saturated rings. The zero-order valence-electron chi connectivity index (χ0n) is 4.72. The third-order valence-corrected chi connectivity index (χ3v) is 0.566. The Morgan fingerprint density at radius 2 is 2.38 bits per heavy atom. The number of hydrogen-bond donors (Lipinski definition) is 0. The highest BCUT2D eigenvalue weighted by Crippen LogP contribution is 1.81. The van der Waals surface area contributed by atoms with Crippen LogP contribution in [-0.2, 0) is 9.53 Å². The lowest BCUT2D eigenvalue weighted by Crippen LogP contribution is -2.01. The van der Waals surface area contributed by atoms with Gasteiger partial charge in [-0.25, -0.2) is 0 Å². The second-order valence-electron chi connectivity index (χ2n) is 1.22. The Morgan fingerprint density at radius 1 is 1.75 bits per heavy atom. The maximum absolute atomic E-state index is 10.2. The summed E-state index contributed by atoms with van der Waals surface area (Å²) in [6.07, 6.45) is 1.71. The zero-order valence-corrected chi connectivity index (χ0v) is 4.72. The fraction of sp³-hybridized carbons (Fsp3) is 0.333. The highest BCUT2D eigenvalue weighted by Gasteiger charge is 1.92. The van der Waals surface area contributed by atoms with Crippen LogP contribution in [-0.4, -0.2) is 12.6 Å². The second-order valence-corrected chi connectivity index (χ2v) is 1.22. The first kappa shape index (κ1) is 7.21. The van der Waals surface area contributed by atoms with E-state index in [9.17, 15) is 4.79 Å². The number of carbonyl (C=O) groups is 1. The van der Waals surface area contributed by atoms with Crippen molar-refractivity contribution in [2.75, 3.05) is 6.61 Å². The first-order valence-electron chi connectivity index (χ1n) is 2.37. The number of ether oxygens (including phenoxy) is 1. The fourth-order valence-electron chi connectivity index (χ4n) is 0.224. The molecule has 0 N–H and O–H groups in total. The molecule has 0 aromatic carbocycles. The van der Waals surface area contributed by atoms with Crippen LogP contribution in [0, 0.1) is 6.92 Å².